The summed E-state index contributed by atoms with van der Waals surface area (Å²) < 4.78 is 0. The third-order valence-corrected chi connectivity index (χ3v) is 3.69. The monoisotopic (exact) mass is 355 g/mol. The highest BCUT2D eigenvalue weighted by molar-refractivity contribution is 6.05. The normalized spacial score (nSPS) is 18.0. The van der Waals surface area contributed by atoms with Crippen LogP contribution in [0.1, 0.15) is 33.1 Å². The number of carbonyl (C=O) groups excluding carboxylic acids is 5. The van der Waals surface area contributed by atoms with Gasteiger partial charge in [0.05, 0.1) is 12.6 Å². The van der Waals surface area contributed by atoms with Gasteiger partial charge in [0.2, 0.25) is 23.6 Å². The molecule has 10 nitrogen and oxygen atoms in total. The van der Waals surface area contributed by atoms with Gasteiger partial charge in [-0.05, 0) is 13.3 Å². The van der Waals surface area contributed by atoms with Crippen LogP contribution >= 0.6 is 0 Å². The van der Waals surface area contributed by atoms with Crippen LogP contribution in [0.3, 0.4) is 0 Å². The molecule has 10 heteroatoms. The molecular formula is C15H21N3O7. The number of carbonyl (C=O) groups is 6. The molecule has 1 fully saturated rings. The van der Waals surface area contributed by atoms with E-state index in [4.69, 9.17) is 5.11 Å². The Morgan fingerprint density at radius 2 is 1.88 bits per heavy atom. The minimum Gasteiger partial charge on any atom is -0.481 e. The van der Waals surface area contributed by atoms with Crippen LogP contribution in [0.5, 0.6) is 0 Å². The molecular weight excluding hydrogens is 334 g/mol. The molecule has 138 valence electrons. The van der Waals surface area contributed by atoms with Crippen LogP contribution in [0.2, 0.25) is 0 Å². The third-order valence-electron chi connectivity index (χ3n) is 3.69. The van der Waals surface area contributed by atoms with Gasteiger partial charge >= 0.3 is 5.97 Å². The SMILES string of the molecule is CC(=O)[C@H](CCC(=O)O)NC(=O)CNC(=O)CN1C(=O)CC(C)C1=O. The number of aliphatic carboxylic acids is 1. The number of hydrogen-bond donors (Lipinski definition) is 3. The molecule has 0 saturated carbocycles. The van der Waals surface area contributed by atoms with E-state index in [1.54, 1.807) is 6.92 Å². The van der Waals surface area contributed by atoms with Gasteiger partial charge in [-0.25, -0.2) is 0 Å². The summed E-state index contributed by atoms with van der Waals surface area (Å²) in [6.45, 7) is 1.88. The summed E-state index contributed by atoms with van der Waals surface area (Å²) in [6.07, 6.45) is -0.288. The average molecular weight is 355 g/mol. The van der Waals surface area contributed by atoms with E-state index < -0.39 is 60.4 Å². The van der Waals surface area contributed by atoms with Gasteiger partial charge in [-0.3, -0.25) is 33.7 Å². The molecule has 0 spiro atoms. The highest BCUT2D eigenvalue weighted by Crippen LogP contribution is 2.17. The lowest BCUT2D eigenvalue weighted by Gasteiger charge is -2.16. The lowest BCUT2D eigenvalue weighted by molar-refractivity contribution is -0.143. The summed E-state index contributed by atoms with van der Waals surface area (Å²) >= 11 is 0. The fourth-order valence-electron chi connectivity index (χ4n) is 2.28. The van der Waals surface area contributed by atoms with Crippen molar-refractivity contribution in [1.29, 1.82) is 0 Å². The van der Waals surface area contributed by atoms with Gasteiger partial charge < -0.3 is 15.7 Å². The number of hydrogen-bond acceptors (Lipinski definition) is 6. The van der Waals surface area contributed by atoms with E-state index in [1.807, 2.05) is 0 Å². The molecule has 2 atom stereocenters. The molecule has 1 heterocycles. The number of carboxylic acid groups (broad SMARTS) is 1. The van der Waals surface area contributed by atoms with Crippen molar-refractivity contribution in [3.05, 3.63) is 0 Å². The van der Waals surface area contributed by atoms with Crippen molar-refractivity contribution in [3.8, 4) is 0 Å². The highest BCUT2D eigenvalue weighted by Gasteiger charge is 2.36. The van der Waals surface area contributed by atoms with E-state index in [0.717, 1.165) is 4.90 Å². The Hall–Kier alpha value is -2.78. The molecule has 1 rings (SSSR count). The largest absolute Gasteiger partial charge is 0.481 e. The van der Waals surface area contributed by atoms with Crippen LogP contribution in [0.15, 0.2) is 0 Å². The second kappa shape index (κ2) is 8.90. The lowest BCUT2D eigenvalue weighted by atomic mass is 10.1. The molecule has 1 aliphatic heterocycles. The standard InChI is InChI=1S/C15H21N3O7/c1-8-5-13(22)18(15(8)25)7-12(21)16-6-11(20)17-10(9(2)19)3-4-14(23)24/h8,10H,3-7H2,1-2H3,(H,16,21)(H,17,20)(H,23,24)/t8?,10-/m0/s1. The van der Waals surface area contributed by atoms with Crippen LogP contribution in [0, 0.1) is 5.92 Å². The second-order valence-electron chi connectivity index (χ2n) is 5.86. The predicted molar refractivity (Wildman–Crippen MR) is 83.0 cm³/mol. The molecule has 1 unspecified atom stereocenters. The zero-order valence-electron chi connectivity index (χ0n) is 14.0. The molecule has 0 aromatic rings. The first-order valence-electron chi connectivity index (χ1n) is 7.74. The summed E-state index contributed by atoms with van der Waals surface area (Å²) in [5.41, 5.74) is 0. The van der Waals surface area contributed by atoms with Crippen molar-refractivity contribution in [2.24, 2.45) is 5.92 Å². The number of rotatable bonds is 9. The first-order chi connectivity index (χ1) is 11.6. The summed E-state index contributed by atoms with van der Waals surface area (Å²) in [7, 11) is 0. The van der Waals surface area contributed by atoms with E-state index in [9.17, 15) is 28.8 Å². The molecule has 0 aromatic heterocycles. The van der Waals surface area contributed by atoms with E-state index >= 15 is 0 Å². The summed E-state index contributed by atoms with van der Waals surface area (Å²) in [5, 5.41) is 13.2. The summed E-state index contributed by atoms with van der Waals surface area (Å²) in [6, 6.07) is -0.955. The lowest BCUT2D eigenvalue weighted by Crippen LogP contribution is -2.47. The molecule has 0 radical (unpaired) electrons. The van der Waals surface area contributed by atoms with E-state index in [0.29, 0.717) is 0 Å². The van der Waals surface area contributed by atoms with Gasteiger partial charge in [-0.15, -0.1) is 0 Å². The Morgan fingerprint density at radius 1 is 1.24 bits per heavy atom. The number of amides is 4. The van der Waals surface area contributed by atoms with Crippen molar-refractivity contribution in [2.75, 3.05) is 13.1 Å². The fraction of sp³-hybridized carbons (Fsp3) is 0.600. The Labute approximate surface area is 143 Å². The Kier molecular flexibility index (Phi) is 7.22. The minimum absolute atomic E-state index is 0.0521. The predicted octanol–water partition coefficient (Wildman–Crippen LogP) is -1.56. The smallest absolute Gasteiger partial charge is 0.303 e. The quantitative estimate of drug-likeness (QED) is 0.423. The van der Waals surface area contributed by atoms with Crippen LogP contribution in [0.4, 0.5) is 0 Å². The molecule has 3 N–H and O–H groups in total. The van der Waals surface area contributed by atoms with Gasteiger partial charge in [-0.2, -0.15) is 0 Å². The number of likely N-dealkylation sites (tertiary alicyclic amines) is 1. The Bertz CT molecular complexity index is 602. The zero-order valence-corrected chi connectivity index (χ0v) is 14.0. The number of nitrogens with one attached hydrogen (secondary N) is 2. The third kappa shape index (κ3) is 6.32. The maximum Gasteiger partial charge on any atom is 0.303 e. The molecule has 25 heavy (non-hydrogen) atoms. The maximum absolute atomic E-state index is 11.8. The van der Waals surface area contributed by atoms with Crippen LogP contribution in [-0.4, -0.2) is 64.5 Å². The van der Waals surface area contributed by atoms with Gasteiger partial charge in [0.15, 0.2) is 5.78 Å². The fourth-order valence-corrected chi connectivity index (χ4v) is 2.28. The minimum atomic E-state index is -1.09. The number of nitrogens with zero attached hydrogens (tertiary/aromatic N) is 1. The number of carboxylic acids is 1. The van der Waals surface area contributed by atoms with E-state index in [2.05, 4.69) is 10.6 Å². The van der Waals surface area contributed by atoms with Crippen LogP contribution in [-0.2, 0) is 28.8 Å². The first kappa shape index (κ1) is 20.3. The van der Waals surface area contributed by atoms with Crippen molar-refractivity contribution >= 4 is 35.4 Å². The van der Waals surface area contributed by atoms with Gasteiger partial charge in [0, 0.05) is 18.8 Å². The van der Waals surface area contributed by atoms with Crippen LogP contribution in [0.25, 0.3) is 0 Å². The van der Waals surface area contributed by atoms with Gasteiger partial charge in [0.25, 0.3) is 0 Å². The van der Waals surface area contributed by atoms with Crippen molar-refractivity contribution < 1.29 is 33.9 Å². The number of Topliss-reactive ketones (excluding diaryl/α,β-unsaturated/α-hetero) is 1. The number of ketones is 1. The molecule has 1 aliphatic rings. The van der Waals surface area contributed by atoms with Gasteiger partial charge in [-0.1, -0.05) is 6.92 Å². The molecule has 0 aliphatic carbocycles. The zero-order chi connectivity index (χ0) is 19.1. The topological polar surface area (TPSA) is 150 Å². The van der Waals surface area contributed by atoms with Crippen LogP contribution < -0.4 is 10.6 Å². The Balaban J connectivity index is 2.43. The number of imide groups is 1. The van der Waals surface area contributed by atoms with Crippen molar-refractivity contribution in [2.45, 2.75) is 39.2 Å². The van der Waals surface area contributed by atoms with E-state index in [-0.39, 0.29) is 19.3 Å². The van der Waals surface area contributed by atoms with E-state index in [1.165, 1.54) is 6.92 Å². The highest BCUT2D eigenvalue weighted by atomic mass is 16.4. The summed E-state index contributed by atoms with van der Waals surface area (Å²) in [4.78, 5) is 69.5. The maximum atomic E-state index is 11.8. The van der Waals surface area contributed by atoms with Crippen molar-refractivity contribution in [1.82, 2.24) is 15.5 Å². The molecule has 0 bridgehead atoms. The summed E-state index contributed by atoms with van der Waals surface area (Å²) in [5.74, 6) is -4.19. The Morgan fingerprint density at radius 3 is 2.36 bits per heavy atom. The molecule has 4 amide bonds. The second-order valence-corrected chi connectivity index (χ2v) is 5.86. The van der Waals surface area contributed by atoms with Gasteiger partial charge in [0.1, 0.15) is 6.54 Å². The molecule has 0 aromatic carbocycles. The average Bonchev–Trinajstić information content (AvgIpc) is 2.75. The van der Waals surface area contributed by atoms with Crippen molar-refractivity contribution in [3.63, 3.8) is 0 Å². The molecule has 1 saturated heterocycles. The first-order valence-corrected chi connectivity index (χ1v) is 7.74.